The Bertz CT molecular complexity index is 516. The summed E-state index contributed by atoms with van der Waals surface area (Å²) < 4.78 is 1.07. The van der Waals surface area contributed by atoms with E-state index in [9.17, 15) is 5.11 Å². The van der Waals surface area contributed by atoms with E-state index in [2.05, 4.69) is 33.1 Å². The first-order valence-corrected chi connectivity index (χ1v) is 8.92. The lowest BCUT2D eigenvalue weighted by atomic mass is 10.1. The van der Waals surface area contributed by atoms with Crippen molar-refractivity contribution in [2.75, 3.05) is 26.2 Å². The summed E-state index contributed by atoms with van der Waals surface area (Å²) in [6.07, 6.45) is 2.29. The molecule has 1 aliphatic rings. The highest BCUT2D eigenvalue weighted by Crippen LogP contribution is 2.21. The molecule has 1 saturated heterocycles. The van der Waals surface area contributed by atoms with Crippen molar-refractivity contribution in [3.63, 3.8) is 0 Å². The molecular weight excluding hydrogens is 366 g/mol. The SMILES string of the molecule is CCNC(=NCCc1cc(Cl)ccc1Br)N1CCC(O)CC1. The Morgan fingerprint density at radius 3 is 2.86 bits per heavy atom. The third-order valence-corrected chi connectivity index (χ3v) is 4.76. The third kappa shape index (κ3) is 5.14. The summed E-state index contributed by atoms with van der Waals surface area (Å²) in [4.78, 5) is 6.94. The summed E-state index contributed by atoms with van der Waals surface area (Å²) in [5, 5.41) is 13.7. The van der Waals surface area contributed by atoms with Crippen LogP contribution in [-0.4, -0.2) is 48.2 Å². The largest absolute Gasteiger partial charge is 0.393 e. The van der Waals surface area contributed by atoms with Gasteiger partial charge in [-0.1, -0.05) is 27.5 Å². The Morgan fingerprint density at radius 1 is 1.45 bits per heavy atom. The first-order chi connectivity index (χ1) is 10.6. The highest BCUT2D eigenvalue weighted by molar-refractivity contribution is 9.10. The van der Waals surface area contributed by atoms with Crippen LogP contribution >= 0.6 is 27.5 Å². The number of nitrogens with one attached hydrogen (secondary N) is 1. The first kappa shape index (κ1) is 17.6. The number of aliphatic hydroxyl groups excluding tert-OH is 1. The maximum atomic E-state index is 9.62. The van der Waals surface area contributed by atoms with Gasteiger partial charge in [-0.25, -0.2) is 0 Å². The van der Waals surface area contributed by atoms with Gasteiger partial charge in [0.15, 0.2) is 5.96 Å². The van der Waals surface area contributed by atoms with E-state index in [4.69, 9.17) is 16.6 Å². The van der Waals surface area contributed by atoms with Crippen LogP contribution < -0.4 is 5.32 Å². The summed E-state index contributed by atoms with van der Waals surface area (Å²) in [6, 6.07) is 5.82. The van der Waals surface area contributed by atoms with Crippen molar-refractivity contribution in [1.82, 2.24) is 10.2 Å². The molecule has 0 unspecified atom stereocenters. The van der Waals surface area contributed by atoms with Crippen LogP contribution in [0.5, 0.6) is 0 Å². The number of aliphatic hydroxyl groups is 1. The standard InChI is InChI=1S/C16H23BrClN3O/c1-2-19-16(21-9-6-14(22)7-10-21)20-8-5-12-11-13(18)3-4-15(12)17/h3-4,11,14,22H,2,5-10H2,1H3,(H,19,20). The van der Waals surface area contributed by atoms with Crippen molar-refractivity contribution in [2.45, 2.75) is 32.3 Å². The van der Waals surface area contributed by atoms with E-state index in [-0.39, 0.29) is 6.10 Å². The Balaban J connectivity index is 1.96. The fraction of sp³-hybridized carbons (Fsp3) is 0.562. The van der Waals surface area contributed by atoms with Crippen LogP contribution in [0.1, 0.15) is 25.3 Å². The molecule has 2 N–H and O–H groups in total. The lowest BCUT2D eigenvalue weighted by Gasteiger charge is -2.32. The minimum absolute atomic E-state index is 0.165. The third-order valence-electron chi connectivity index (χ3n) is 3.75. The number of hydrogen-bond donors (Lipinski definition) is 2. The molecule has 1 heterocycles. The zero-order valence-electron chi connectivity index (χ0n) is 12.9. The van der Waals surface area contributed by atoms with Crippen molar-refractivity contribution >= 4 is 33.5 Å². The molecule has 0 aliphatic carbocycles. The van der Waals surface area contributed by atoms with E-state index < -0.39 is 0 Å². The second-order valence-corrected chi connectivity index (χ2v) is 6.73. The molecule has 0 saturated carbocycles. The summed E-state index contributed by atoms with van der Waals surface area (Å²) in [5.74, 6) is 0.938. The molecule has 0 bridgehead atoms. The van der Waals surface area contributed by atoms with E-state index in [1.807, 2.05) is 18.2 Å². The molecule has 1 aromatic rings. The minimum Gasteiger partial charge on any atom is -0.393 e. The molecule has 0 aromatic heterocycles. The van der Waals surface area contributed by atoms with Gasteiger partial charge in [0.05, 0.1) is 6.10 Å². The van der Waals surface area contributed by atoms with Gasteiger partial charge >= 0.3 is 0 Å². The van der Waals surface area contributed by atoms with Gasteiger partial charge in [0.1, 0.15) is 0 Å². The predicted molar refractivity (Wildman–Crippen MR) is 95.6 cm³/mol. The van der Waals surface area contributed by atoms with Gasteiger partial charge in [-0.15, -0.1) is 0 Å². The maximum Gasteiger partial charge on any atom is 0.193 e. The van der Waals surface area contributed by atoms with Crippen molar-refractivity contribution in [2.24, 2.45) is 4.99 Å². The molecule has 22 heavy (non-hydrogen) atoms. The summed E-state index contributed by atoms with van der Waals surface area (Å²) in [6.45, 7) is 5.34. The number of guanidine groups is 1. The smallest absolute Gasteiger partial charge is 0.193 e. The van der Waals surface area contributed by atoms with Gasteiger partial charge in [-0.2, -0.15) is 0 Å². The van der Waals surface area contributed by atoms with E-state index in [1.165, 1.54) is 5.56 Å². The predicted octanol–water partition coefficient (Wildman–Crippen LogP) is 3.07. The van der Waals surface area contributed by atoms with Crippen LogP contribution in [0.3, 0.4) is 0 Å². The number of rotatable bonds is 4. The average Bonchev–Trinajstić information content (AvgIpc) is 2.51. The monoisotopic (exact) mass is 387 g/mol. The zero-order valence-corrected chi connectivity index (χ0v) is 15.2. The lowest BCUT2D eigenvalue weighted by Crippen LogP contribution is -2.46. The van der Waals surface area contributed by atoms with Gasteiger partial charge in [0.2, 0.25) is 0 Å². The van der Waals surface area contributed by atoms with Crippen LogP contribution in [0.25, 0.3) is 0 Å². The van der Waals surface area contributed by atoms with Crippen molar-refractivity contribution in [1.29, 1.82) is 0 Å². The molecule has 0 atom stereocenters. The van der Waals surface area contributed by atoms with Gasteiger partial charge < -0.3 is 15.3 Å². The Morgan fingerprint density at radius 2 is 2.18 bits per heavy atom. The normalized spacial score (nSPS) is 16.9. The Labute approximate surface area is 145 Å². The highest BCUT2D eigenvalue weighted by Gasteiger charge is 2.19. The fourth-order valence-corrected chi connectivity index (χ4v) is 3.16. The lowest BCUT2D eigenvalue weighted by molar-refractivity contribution is 0.108. The molecule has 0 radical (unpaired) electrons. The highest BCUT2D eigenvalue weighted by atomic mass is 79.9. The van der Waals surface area contributed by atoms with Gasteiger partial charge in [0.25, 0.3) is 0 Å². The average molecular weight is 389 g/mol. The van der Waals surface area contributed by atoms with Gasteiger partial charge in [-0.05, 0) is 49.9 Å². The van der Waals surface area contributed by atoms with Crippen LogP contribution in [0.2, 0.25) is 5.02 Å². The number of aliphatic imine (C=N–C) groups is 1. The number of likely N-dealkylation sites (tertiary alicyclic amines) is 1. The summed E-state index contributed by atoms with van der Waals surface area (Å²) in [5.41, 5.74) is 1.17. The molecule has 6 heteroatoms. The van der Waals surface area contributed by atoms with Crippen LogP contribution in [0, 0.1) is 0 Å². The van der Waals surface area contributed by atoms with E-state index >= 15 is 0 Å². The summed E-state index contributed by atoms with van der Waals surface area (Å²) >= 11 is 9.59. The molecule has 4 nitrogen and oxygen atoms in total. The number of benzene rings is 1. The number of nitrogens with zero attached hydrogens (tertiary/aromatic N) is 2. The summed E-state index contributed by atoms with van der Waals surface area (Å²) in [7, 11) is 0. The van der Waals surface area contributed by atoms with E-state index in [0.717, 1.165) is 54.4 Å². The number of hydrogen-bond acceptors (Lipinski definition) is 2. The fourth-order valence-electron chi connectivity index (χ4n) is 2.52. The molecule has 1 aliphatic heterocycles. The Kier molecular flexibility index (Phi) is 6.99. The van der Waals surface area contributed by atoms with Crippen molar-refractivity contribution in [3.05, 3.63) is 33.3 Å². The van der Waals surface area contributed by atoms with E-state index in [0.29, 0.717) is 6.54 Å². The second-order valence-electron chi connectivity index (χ2n) is 5.44. The first-order valence-electron chi connectivity index (χ1n) is 7.75. The molecule has 1 fully saturated rings. The van der Waals surface area contributed by atoms with Crippen LogP contribution in [0.4, 0.5) is 0 Å². The number of piperidine rings is 1. The molecule has 0 amide bonds. The molecule has 1 aromatic carbocycles. The van der Waals surface area contributed by atoms with Gasteiger partial charge in [0, 0.05) is 35.7 Å². The molecular formula is C16H23BrClN3O. The molecule has 2 rings (SSSR count). The molecule has 122 valence electrons. The van der Waals surface area contributed by atoms with Crippen molar-refractivity contribution in [3.8, 4) is 0 Å². The Hall–Kier alpha value is -0.780. The van der Waals surface area contributed by atoms with Crippen LogP contribution in [0.15, 0.2) is 27.7 Å². The number of halogens is 2. The molecule has 0 spiro atoms. The van der Waals surface area contributed by atoms with E-state index in [1.54, 1.807) is 0 Å². The quantitative estimate of drug-likeness (QED) is 0.615. The van der Waals surface area contributed by atoms with Crippen LogP contribution in [-0.2, 0) is 6.42 Å². The second kappa shape index (κ2) is 8.75. The zero-order chi connectivity index (χ0) is 15.9. The maximum absolute atomic E-state index is 9.62. The minimum atomic E-state index is -0.165. The topological polar surface area (TPSA) is 47.9 Å². The van der Waals surface area contributed by atoms with Crippen molar-refractivity contribution < 1.29 is 5.11 Å². The van der Waals surface area contributed by atoms with Gasteiger partial charge in [-0.3, -0.25) is 4.99 Å².